The molecule has 0 saturated carbocycles. The van der Waals surface area contributed by atoms with Gasteiger partial charge in [-0.25, -0.2) is 0 Å². The minimum absolute atomic E-state index is 0.0398. The van der Waals surface area contributed by atoms with Crippen molar-refractivity contribution < 1.29 is 14.1 Å². The van der Waals surface area contributed by atoms with Crippen LogP contribution in [0.25, 0.3) is 0 Å². The van der Waals surface area contributed by atoms with Crippen molar-refractivity contribution in [1.29, 1.82) is 0 Å². The van der Waals surface area contributed by atoms with E-state index in [4.69, 9.17) is 9.26 Å². The zero-order chi connectivity index (χ0) is 18.5. The molecule has 0 bridgehead atoms. The highest BCUT2D eigenvalue weighted by Crippen LogP contribution is 2.31. The Bertz CT molecular complexity index is 731. The van der Waals surface area contributed by atoms with Gasteiger partial charge >= 0.3 is 0 Å². The number of nitrogens with zero attached hydrogens (tertiary/aromatic N) is 4. The Kier molecular flexibility index (Phi) is 5.45. The molecule has 1 N–H and O–H groups in total. The zero-order valence-electron chi connectivity index (χ0n) is 15.3. The number of rotatable bonds is 5. The van der Waals surface area contributed by atoms with Crippen molar-refractivity contribution in [3.63, 3.8) is 0 Å². The van der Waals surface area contributed by atoms with Crippen LogP contribution in [0.3, 0.4) is 0 Å². The van der Waals surface area contributed by atoms with Crippen LogP contribution in [0, 0.1) is 5.92 Å². The number of piperidine rings is 1. The second kappa shape index (κ2) is 8.14. The van der Waals surface area contributed by atoms with Gasteiger partial charge in [0.2, 0.25) is 12.3 Å². The van der Waals surface area contributed by atoms with Crippen LogP contribution >= 0.6 is 0 Å². The van der Waals surface area contributed by atoms with Gasteiger partial charge < -0.3 is 14.6 Å². The van der Waals surface area contributed by atoms with Gasteiger partial charge in [-0.05, 0) is 31.0 Å². The summed E-state index contributed by atoms with van der Waals surface area (Å²) in [5.41, 5.74) is 0.583. The number of pyridine rings is 1. The summed E-state index contributed by atoms with van der Waals surface area (Å²) in [6.07, 6.45) is 8.20. The highest BCUT2D eigenvalue weighted by atomic mass is 16.5. The molecular formula is C19H25N5O3. The van der Waals surface area contributed by atoms with Gasteiger partial charge in [0, 0.05) is 51.5 Å². The lowest BCUT2D eigenvalue weighted by Crippen LogP contribution is -2.53. The lowest BCUT2D eigenvalue weighted by Gasteiger charge is -2.38. The molecule has 0 aliphatic carbocycles. The van der Waals surface area contributed by atoms with Crippen LogP contribution in [-0.2, 0) is 21.6 Å². The van der Waals surface area contributed by atoms with E-state index in [1.807, 2.05) is 12.3 Å². The van der Waals surface area contributed by atoms with Crippen molar-refractivity contribution in [3.8, 4) is 0 Å². The van der Waals surface area contributed by atoms with Gasteiger partial charge in [-0.3, -0.25) is 14.7 Å². The average Bonchev–Trinajstić information content (AvgIpc) is 3.25. The molecule has 0 radical (unpaired) electrons. The summed E-state index contributed by atoms with van der Waals surface area (Å²) in [7, 11) is 0. The normalized spacial score (nSPS) is 23.0. The molecule has 4 heterocycles. The quantitative estimate of drug-likeness (QED) is 0.851. The van der Waals surface area contributed by atoms with E-state index < -0.39 is 5.54 Å². The van der Waals surface area contributed by atoms with Gasteiger partial charge in [0.25, 0.3) is 0 Å². The maximum absolute atomic E-state index is 13.1. The third kappa shape index (κ3) is 4.17. The number of hydrogen-bond donors (Lipinski definition) is 1. The monoisotopic (exact) mass is 371 g/mol. The molecule has 2 aromatic rings. The highest BCUT2D eigenvalue weighted by molar-refractivity contribution is 5.80. The first-order valence-electron chi connectivity index (χ1n) is 9.53. The number of nitrogens with one attached hydrogen (secondary N) is 1. The standard InChI is InChI=1S/C19H25N5O3/c25-17(22-19(5-9-26-10-6-19)18-21-14-27-23-18)16-4-2-8-24(13-16)12-15-3-1-7-20-11-15/h1,3,7,11,14,16H,2,4-6,8-10,12-13H2,(H,22,25). The fourth-order valence-electron chi connectivity index (χ4n) is 4.01. The van der Waals surface area contributed by atoms with E-state index in [2.05, 4.69) is 31.4 Å². The Hall–Kier alpha value is -2.32. The van der Waals surface area contributed by atoms with Gasteiger partial charge in [0.1, 0.15) is 5.54 Å². The van der Waals surface area contributed by atoms with Crippen molar-refractivity contribution in [2.24, 2.45) is 5.92 Å². The number of hydrogen-bond acceptors (Lipinski definition) is 7. The summed E-state index contributed by atoms with van der Waals surface area (Å²) in [4.78, 5) is 23.8. The first kappa shape index (κ1) is 18.1. The number of aromatic nitrogens is 3. The van der Waals surface area contributed by atoms with E-state index in [9.17, 15) is 4.79 Å². The molecule has 8 heteroatoms. The predicted molar refractivity (Wildman–Crippen MR) is 96.4 cm³/mol. The van der Waals surface area contributed by atoms with Crippen LogP contribution in [0.5, 0.6) is 0 Å². The van der Waals surface area contributed by atoms with Gasteiger partial charge in [0.05, 0.1) is 5.92 Å². The number of carbonyl (C=O) groups is 1. The maximum atomic E-state index is 13.1. The first-order valence-corrected chi connectivity index (χ1v) is 9.53. The van der Waals surface area contributed by atoms with Crippen LogP contribution in [0.15, 0.2) is 35.4 Å². The second-order valence-electron chi connectivity index (χ2n) is 7.37. The average molecular weight is 371 g/mol. The van der Waals surface area contributed by atoms with E-state index in [1.54, 1.807) is 6.20 Å². The Morgan fingerprint density at radius 2 is 2.26 bits per heavy atom. The second-order valence-corrected chi connectivity index (χ2v) is 7.37. The van der Waals surface area contributed by atoms with Crippen molar-refractivity contribution in [1.82, 2.24) is 25.3 Å². The number of likely N-dealkylation sites (tertiary alicyclic amines) is 1. The fraction of sp³-hybridized carbons (Fsp3) is 0.579. The largest absolute Gasteiger partial charge is 0.381 e. The molecule has 0 aromatic carbocycles. The van der Waals surface area contributed by atoms with Crippen molar-refractivity contribution in [3.05, 3.63) is 42.3 Å². The molecule has 1 atom stereocenters. The minimum atomic E-state index is -0.589. The predicted octanol–water partition coefficient (Wildman–Crippen LogP) is 1.50. The topological polar surface area (TPSA) is 93.4 Å². The summed E-state index contributed by atoms with van der Waals surface area (Å²) >= 11 is 0. The van der Waals surface area contributed by atoms with Crippen LogP contribution in [-0.4, -0.2) is 52.2 Å². The van der Waals surface area contributed by atoms with E-state index in [0.717, 1.165) is 32.5 Å². The van der Waals surface area contributed by atoms with Crippen LogP contribution < -0.4 is 5.32 Å². The summed E-state index contributed by atoms with van der Waals surface area (Å²) < 4.78 is 10.4. The summed E-state index contributed by atoms with van der Waals surface area (Å²) in [6, 6.07) is 4.02. The van der Waals surface area contributed by atoms with Gasteiger partial charge in [-0.2, -0.15) is 4.98 Å². The summed E-state index contributed by atoms with van der Waals surface area (Å²) in [6.45, 7) is 3.72. The van der Waals surface area contributed by atoms with E-state index >= 15 is 0 Å². The minimum Gasteiger partial charge on any atom is -0.381 e. The van der Waals surface area contributed by atoms with E-state index in [-0.39, 0.29) is 11.8 Å². The lowest BCUT2D eigenvalue weighted by molar-refractivity contribution is -0.130. The van der Waals surface area contributed by atoms with Gasteiger partial charge in [0.15, 0.2) is 5.82 Å². The molecular weight excluding hydrogens is 346 g/mol. The van der Waals surface area contributed by atoms with E-state index in [1.165, 1.54) is 12.0 Å². The number of ether oxygens (including phenoxy) is 1. The first-order chi connectivity index (χ1) is 13.3. The summed E-state index contributed by atoms with van der Waals surface area (Å²) in [5, 5.41) is 7.25. The number of amides is 1. The Morgan fingerprint density at radius 3 is 3.00 bits per heavy atom. The molecule has 2 aliphatic heterocycles. The fourth-order valence-corrected chi connectivity index (χ4v) is 4.01. The van der Waals surface area contributed by atoms with Gasteiger partial charge in [-0.15, -0.1) is 0 Å². The molecule has 27 heavy (non-hydrogen) atoms. The van der Waals surface area contributed by atoms with E-state index in [0.29, 0.717) is 31.9 Å². The third-order valence-electron chi connectivity index (χ3n) is 5.50. The van der Waals surface area contributed by atoms with Crippen molar-refractivity contribution >= 4 is 5.91 Å². The highest BCUT2D eigenvalue weighted by Gasteiger charge is 2.41. The SMILES string of the molecule is O=C(NC1(c2ncon2)CCOCC1)C1CCCN(Cc2cccnc2)C1. The molecule has 2 aliphatic rings. The molecule has 8 nitrogen and oxygen atoms in total. The molecule has 1 amide bonds. The third-order valence-corrected chi connectivity index (χ3v) is 5.50. The molecule has 2 aromatic heterocycles. The molecule has 4 rings (SSSR count). The lowest BCUT2D eigenvalue weighted by atomic mass is 9.87. The maximum Gasteiger partial charge on any atom is 0.225 e. The smallest absolute Gasteiger partial charge is 0.225 e. The molecule has 0 spiro atoms. The molecule has 144 valence electrons. The van der Waals surface area contributed by atoms with Crippen molar-refractivity contribution in [2.75, 3.05) is 26.3 Å². The summed E-state index contributed by atoms with van der Waals surface area (Å²) in [5.74, 6) is 0.571. The Morgan fingerprint density at radius 1 is 1.37 bits per heavy atom. The van der Waals surface area contributed by atoms with Crippen LogP contribution in [0.1, 0.15) is 37.1 Å². The van der Waals surface area contributed by atoms with Crippen LogP contribution in [0.2, 0.25) is 0 Å². The molecule has 2 saturated heterocycles. The molecule has 1 unspecified atom stereocenters. The van der Waals surface area contributed by atoms with Gasteiger partial charge in [-0.1, -0.05) is 11.2 Å². The van der Waals surface area contributed by atoms with Crippen LogP contribution in [0.4, 0.5) is 0 Å². The number of carbonyl (C=O) groups excluding carboxylic acids is 1. The zero-order valence-corrected chi connectivity index (χ0v) is 15.3. The Balaban J connectivity index is 1.42. The Labute approximate surface area is 158 Å². The molecule has 2 fully saturated rings. The van der Waals surface area contributed by atoms with Crippen molar-refractivity contribution in [2.45, 2.75) is 37.8 Å².